The molecule has 0 fully saturated rings. The van der Waals surface area contributed by atoms with Crippen LogP contribution in [-0.4, -0.2) is 21.3 Å². The summed E-state index contributed by atoms with van der Waals surface area (Å²) in [6.45, 7) is 1.71. The Morgan fingerprint density at radius 3 is 2.80 bits per heavy atom. The minimum Gasteiger partial charge on any atom is -0.394 e. The predicted molar refractivity (Wildman–Crippen MR) is 81.1 cm³/mol. The smallest absolute Gasteiger partial charge is 0.262 e. The van der Waals surface area contributed by atoms with E-state index in [0.29, 0.717) is 5.39 Å². The summed E-state index contributed by atoms with van der Waals surface area (Å²) in [5.74, 6) is 0. The van der Waals surface area contributed by atoms with Gasteiger partial charge in [0, 0.05) is 4.88 Å². The normalized spacial score (nSPS) is 12.7. The van der Waals surface area contributed by atoms with Crippen molar-refractivity contribution >= 4 is 21.6 Å². The highest BCUT2D eigenvalue weighted by atomic mass is 32.1. The molecular weight excluding hydrogens is 272 g/mol. The lowest BCUT2D eigenvalue weighted by atomic mass is 10.2. The Bertz CT molecular complexity index is 792. The van der Waals surface area contributed by atoms with E-state index in [1.165, 1.54) is 22.2 Å². The molecule has 1 aromatic carbocycles. The van der Waals surface area contributed by atoms with Crippen LogP contribution in [0.25, 0.3) is 20.7 Å². The summed E-state index contributed by atoms with van der Waals surface area (Å²) in [6, 6.07) is 11.5. The third-order valence-electron chi connectivity index (χ3n) is 3.27. The van der Waals surface area contributed by atoms with E-state index >= 15 is 0 Å². The molecule has 0 saturated carbocycles. The minimum atomic E-state index is -0.264. The molecule has 0 aliphatic heterocycles. The van der Waals surface area contributed by atoms with Gasteiger partial charge in [-0.2, -0.15) is 0 Å². The zero-order valence-electron chi connectivity index (χ0n) is 11.0. The van der Waals surface area contributed by atoms with Crippen LogP contribution in [0.1, 0.15) is 13.0 Å². The summed E-state index contributed by atoms with van der Waals surface area (Å²) < 4.78 is 1.48. The third kappa shape index (κ3) is 2.15. The van der Waals surface area contributed by atoms with Crippen LogP contribution in [0, 0.1) is 0 Å². The molecule has 2 heterocycles. The maximum absolute atomic E-state index is 12.4. The first-order valence-electron chi connectivity index (χ1n) is 6.37. The average molecular weight is 286 g/mol. The van der Waals surface area contributed by atoms with Crippen LogP contribution in [0.3, 0.4) is 0 Å². The fraction of sp³-hybridized carbons (Fsp3) is 0.200. The second-order valence-corrected chi connectivity index (χ2v) is 5.71. The number of benzene rings is 1. The minimum absolute atomic E-state index is 0.0806. The van der Waals surface area contributed by atoms with Gasteiger partial charge in [-0.05, 0) is 18.6 Å². The van der Waals surface area contributed by atoms with Crippen molar-refractivity contribution in [1.29, 1.82) is 0 Å². The first kappa shape index (κ1) is 13.0. The molecule has 20 heavy (non-hydrogen) atoms. The maximum Gasteiger partial charge on any atom is 0.262 e. The van der Waals surface area contributed by atoms with Crippen molar-refractivity contribution in [2.75, 3.05) is 6.61 Å². The number of rotatable bonds is 3. The van der Waals surface area contributed by atoms with Gasteiger partial charge in [0.15, 0.2) is 0 Å². The molecule has 0 bridgehead atoms. The van der Waals surface area contributed by atoms with Gasteiger partial charge in [0.2, 0.25) is 0 Å². The quantitative estimate of drug-likeness (QED) is 0.805. The lowest BCUT2D eigenvalue weighted by Gasteiger charge is -2.10. The lowest BCUT2D eigenvalue weighted by Crippen LogP contribution is -2.24. The summed E-state index contributed by atoms with van der Waals surface area (Å²) in [7, 11) is 0. The number of aliphatic hydroxyl groups is 1. The van der Waals surface area contributed by atoms with Gasteiger partial charge in [-0.3, -0.25) is 9.36 Å². The van der Waals surface area contributed by atoms with Crippen molar-refractivity contribution in [3.8, 4) is 10.4 Å². The summed E-state index contributed by atoms with van der Waals surface area (Å²) >= 11 is 1.51. The number of hydrogen-bond acceptors (Lipinski definition) is 4. The molecule has 0 aliphatic carbocycles. The van der Waals surface area contributed by atoms with Crippen LogP contribution in [-0.2, 0) is 0 Å². The SMILES string of the molecule is CC(CO)n1cnc2sc(-c3ccccc3)cc2c1=O. The van der Waals surface area contributed by atoms with E-state index in [-0.39, 0.29) is 18.2 Å². The number of aromatic nitrogens is 2. The van der Waals surface area contributed by atoms with E-state index in [2.05, 4.69) is 4.98 Å². The second-order valence-electron chi connectivity index (χ2n) is 4.68. The molecule has 0 radical (unpaired) electrons. The van der Waals surface area contributed by atoms with Crippen LogP contribution in [0.2, 0.25) is 0 Å². The van der Waals surface area contributed by atoms with E-state index in [1.807, 2.05) is 36.4 Å². The van der Waals surface area contributed by atoms with Gasteiger partial charge < -0.3 is 5.11 Å². The van der Waals surface area contributed by atoms with Crippen LogP contribution >= 0.6 is 11.3 Å². The first-order valence-corrected chi connectivity index (χ1v) is 7.19. The monoisotopic (exact) mass is 286 g/mol. The molecule has 3 aromatic rings. The van der Waals surface area contributed by atoms with Gasteiger partial charge in [-0.1, -0.05) is 30.3 Å². The molecule has 0 amide bonds. The van der Waals surface area contributed by atoms with Crippen LogP contribution in [0.5, 0.6) is 0 Å². The van der Waals surface area contributed by atoms with Crippen LogP contribution < -0.4 is 5.56 Å². The average Bonchev–Trinajstić information content (AvgIpc) is 2.93. The fourth-order valence-electron chi connectivity index (χ4n) is 2.08. The molecule has 1 atom stereocenters. The van der Waals surface area contributed by atoms with Crippen molar-refractivity contribution in [3.63, 3.8) is 0 Å². The van der Waals surface area contributed by atoms with Gasteiger partial charge >= 0.3 is 0 Å². The molecule has 0 aliphatic rings. The van der Waals surface area contributed by atoms with Crippen LogP contribution in [0.15, 0.2) is 47.5 Å². The Balaban J connectivity index is 2.17. The Labute approximate surface area is 120 Å². The highest BCUT2D eigenvalue weighted by Crippen LogP contribution is 2.30. The topological polar surface area (TPSA) is 55.1 Å². The summed E-state index contributed by atoms with van der Waals surface area (Å²) in [5, 5.41) is 9.79. The Hall–Kier alpha value is -1.98. The number of thiophene rings is 1. The standard InChI is InChI=1S/C15H14N2O2S/c1-10(8-18)17-9-16-14-12(15(17)19)7-13(20-14)11-5-3-2-4-6-11/h2-7,9-10,18H,8H2,1H3. The fourth-order valence-corrected chi connectivity index (χ4v) is 3.08. The molecule has 5 heteroatoms. The zero-order valence-corrected chi connectivity index (χ0v) is 11.8. The van der Waals surface area contributed by atoms with Gasteiger partial charge in [0.1, 0.15) is 4.83 Å². The molecule has 3 rings (SSSR count). The Kier molecular flexibility index (Phi) is 3.38. The van der Waals surface area contributed by atoms with Gasteiger partial charge in [-0.25, -0.2) is 4.98 Å². The molecule has 0 spiro atoms. The number of nitrogens with zero attached hydrogens (tertiary/aromatic N) is 2. The summed E-state index contributed by atoms with van der Waals surface area (Å²) in [4.78, 5) is 18.5. The van der Waals surface area contributed by atoms with Crippen molar-refractivity contribution in [1.82, 2.24) is 9.55 Å². The Morgan fingerprint density at radius 2 is 2.10 bits per heavy atom. The summed E-state index contributed by atoms with van der Waals surface area (Å²) in [5.41, 5.74) is 0.978. The number of hydrogen-bond donors (Lipinski definition) is 1. The maximum atomic E-state index is 12.4. The predicted octanol–water partition coefficient (Wildman–Crippen LogP) is 2.68. The van der Waals surface area contributed by atoms with Gasteiger partial charge in [-0.15, -0.1) is 11.3 Å². The van der Waals surface area contributed by atoms with Gasteiger partial charge in [0.05, 0.1) is 24.4 Å². The van der Waals surface area contributed by atoms with Crippen molar-refractivity contribution in [2.24, 2.45) is 0 Å². The zero-order chi connectivity index (χ0) is 14.1. The lowest BCUT2D eigenvalue weighted by molar-refractivity contribution is 0.236. The number of fused-ring (bicyclic) bond motifs is 1. The van der Waals surface area contributed by atoms with E-state index in [0.717, 1.165) is 15.3 Å². The summed E-state index contributed by atoms with van der Waals surface area (Å²) in [6.07, 6.45) is 1.51. The molecule has 2 aromatic heterocycles. The van der Waals surface area contributed by atoms with E-state index in [4.69, 9.17) is 0 Å². The van der Waals surface area contributed by atoms with Gasteiger partial charge in [0.25, 0.3) is 5.56 Å². The van der Waals surface area contributed by atoms with Crippen molar-refractivity contribution in [3.05, 3.63) is 53.1 Å². The highest BCUT2D eigenvalue weighted by molar-refractivity contribution is 7.21. The second kappa shape index (κ2) is 5.19. The Morgan fingerprint density at radius 1 is 1.35 bits per heavy atom. The molecule has 0 saturated heterocycles. The highest BCUT2D eigenvalue weighted by Gasteiger charge is 2.12. The van der Waals surface area contributed by atoms with E-state index in [9.17, 15) is 9.90 Å². The van der Waals surface area contributed by atoms with E-state index in [1.54, 1.807) is 6.92 Å². The molecule has 102 valence electrons. The van der Waals surface area contributed by atoms with Crippen molar-refractivity contribution < 1.29 is 5.11 Å². The third-order valence-corrected chi connectivity index (χ3v) is 4.37. The first-order chi connectivity index (χ1) is 9.70. The van der Waals surface area contributed by atoms with Crippen molar-refractivity contribution in [2.45, 2.75) is 13.0 Å². The molecule has 1 unspecified atom stereocenters. The molecule has 1 N–H and O–H groups in total. The molecule has 4 nitrogen and oxygen atoms in total. The largest absolute Gasteiger partial charge is 0.394 e. The van der Waals surface area contributed by atoms with Crippen LogP contribution in [0.4, 0.5) is 0 Å². The molecular formula is C15H14N2O2S. The van der Waals surface area contributed by atoms with E-state index < -0.39 is 0 Å². The number of aliphatic hydroxyl groups excluding tert-OH is 1.